The molecule has 3 rings (SSSR count). The van der Waals surface area contributed by atoms with E-state index in [0.717, 1.165) is 36.8 Å². The number of unbranched alkanes of at least 4 members (excludes halogenated alkanes) is 1. The van der Waals surface area contributed by atoms with Crippen molar-refractivity contribution in [2.24, 2.45) is 0 Å². The first-order valence-electron chi connectivity index (χ1n) is 10.6. The van der Waals surface area contributed by atoms with Crippen LogP contribution in [0.2, 0.25) is 0 Å². The van der Waals surface area contributed by atoms with Crippen molar-refractivity contribution in [3.8, 4) is 0 Å². The number of hydrogen-bond donors (Lipinski definition) is 3. The van der Waals surface area contributed by atoms with Gasteiger partial charge >= 0.3 is 0 Å². The predicted octanol–water partition coefficient (Wildman–Crippen LogP) is 4.12. The molecule has 0 radical (unpaired) electrons. The number of fused-ring (bicyclic) bond motifs is 1. The van der Waals surface area contributed by atoms with Crippen molar-refractivity contribution in [2.75, 3.05) is 22.8 Å². The molecule has 10 heteroatoms. The van der Waals surface area contributed by atoms with Gasteiger partial charge in [0.25, 0.3) is 15.9 Å². The Balaban J connectivity index is 1.76. The van der Waals surface area contributed by atoms with Crippen LogP contribution in [0.3, 0.4) is 0 Å². The number of thioether (sulfide) groups is 1. The van der Waals surface area contributed by atoms with Gasteiger partial charge in [0.1, 0.15) is 11.4 Å². The second-order valence-corrected chi connectivity index (χ2v) is 10.3. The second kappa shape index (κ2) is 11.3. The third-order valence-electron chi connectivity index (χ3n) is 4.92. The molecule has 0 atom stereocenters. The van der Waals surface area contributed by atoms with Crippen molar-refractivity contribution in [2.45, 2.75) is 31.1 Å². The largest absolute Gasteiger partial charge is 0.360 e. The van der Waals surface area contributed by atoms with Crippen molar-refractivity contribution in [1.82, 2.24) is 10.3 Å². The molecular weight excluding hydrogens is 465 g/mol. The summed E-state index contributed by atoms with van der Waals surface area (Å²) in [6.07, 6.45) is 4.42. The van der Waals surface area contributed by atoms with Crippen LogP contribution >= 0.6 is 11.8 Å². The van der Waals surface area contributed by atoms with Crippen LogP contribution in [-0.4, -0.2) is 37.4 Å². The van der Waals surface area contributed by atoms with Gasteiger partial charge in [-0.15, -0.1) is 0 Å². The fourth-order valence-corrected chi connectivity index (χ4v) is 5.24. The monoisotopic (exact) mass is 491 g/mol. The second-order valence-electron chi connectivity index (χ2n) is 7.40. The fraction of sp³-hybridized carbons (Fsp3) is 0.304. The Morgan fingerprint density at radius 2 is 1.88 bits per heavy atom. The number of carbonyl (C=O) groups excluding carboxylic acids is 1. The average Bonchev–Trinajstić information content (AvgIpc) is 2.80. The van der Waals surface area contributed by atoms with Crippen molar-refractivity contribution >= 4 is 44.3 Å². The SMILES string of the molecule is CCCCSCCCNC(=O)c1c[nH]c2ccc(S(=O)(=O)Nc3ccccc3F)cc2c1=O. The Hall–Kier alpha value is -2.85. The van der Waals surface area contributed by atoms with Crippen LogP contribution < -0.4 is 15.5 Å². The van der Waals surface area contributed by atoms with Crippen molar-refractivity contribution in [3.63, 3.8) is 0 Å². The van der Waals surface area contributed by atoms with Crippen LogP contribution in [0.5, 0.6) is 0 Å². The zero-order valence-electron chi connectivity index (χ0n) is 18.2. The molecule has 0 saturated heterocycles. The molecule has 3 aromatic rings. The molecule has 0 aliphatic heterocycles. The van der Waals surface area contributed by atoms with E-state index < -0.39 is 27.2 Å². The number of aromatic nitrogens is 1. The molecule has 0 aliphatic rings. The highest BCUT2D eigenvalue weighted by Gasteiger charge is 2.19. The lowest BCUT2D eigenvalue weighted by Gasteiger charge is -2.10. The highest BCUT2D eigenvalue weighted by atomic mass is 32.2. The molecule has 1 aromatic heterocycles. The molecule has 1 amide bonds. The first-order valence-corrected chi connectivity index (χ1v) is 13.3. The zero-order chi connectivity index (χ0) is 23.8. The number of halogens is 1. The molecule has 0 saturated carbocycles. The molecule has 0 aliphatic carbocycles. The molecule has 2 aromatic carbocycles. The van der Waals surface area contributed by atoms with E-state index in [9.17, 15) is 22.4 Å². The summed E-state index contributed by atoms with van der Waals surface area (Å²) >= 11 is 1.83. The van der Waals surface area contributed by atoms with E-state index in [1.165, 1.54) is 42.6 Å². The lowest BCUT2D eigenvalue weighted by atomic mass is 10.1. The summed E-state index contributed by atoms with van der Waals surface area (Å²) < 4.78 is 41.5. The minimum absolute atomic E-state index is 0.0502. The molecule has 0 bridgehead atoms. The highest BCUT2D eigenvalue weighted by Crippen LogP contribution is 2.21. The van der Waals surface area contributed by atoms with Gasteiger partial charge in [0.2, 0.25) is 5.43 Å². The van der Waals surface area contributed by atoms with Crippen LogP contribution in [0.25, 0.3) is 10.9 Å². The first kappa shape index (κ1) is 24.8. The molecule has 3 N–H and O–H groups in total. The summed E-state index contributed by atoms with van der Waals surface area (Å²) in [5, 5.41) is 2.78. The van der Waals surface area contributed by atoms with Crippen molar-refractivity contribution in [3.05, 3.63) is 70.3 Å². The standard InChI is InChI=1S/C23H26FN3O4S2/c1-2-3-12-32-13-6-11-25-23(29)18-15-26-20-10-9-16(14-17(20)22(18)28)33(30,31)27-21-8-5-4-7-19(21)24/h4-5,7-10,14-15,27H,2-3,6,11-13H2,1H3,(H,25,29)(H,26,28). The van der Waals surface area contributed by atoms with E-state index in [1.54, 1.807) is 0 Å². The Labute approximate surface area is 196 Å². The third kappa shape index (κ3) is 6.35. The number of amides is 1. The van der Waals surface area contributed by atoms with Gasteiger partial charge in [-0.25, -0.2) is 12.8 Å². The number of anilines is 1. The summed E-state index contributed by atoms with van der Waals surface area (Å²) in [6.45, 7) is 2.58. The van der Waals surface area contributed by atoms with Gasteiger partial charge in [0.05, 0.1) is 10.6 Å². The van der Waals surface area contributed by atoms with Gasteiger partial charge in [0, 0.05) is 23.6 Å². The van der Waals surface area contributed by atoms with E-state index in [1.807, 2.05) is 11.8 Å². The molecular formula is C23H26FN3O4S2. The molecule has 1 heterocycles. The molecule has 0 fully saturated rings. The Bertz CT molecular complexity index is 1290. The highest BCUT2D eigenvalue weighted by molar-refractivity contribution is 7.99. The Morgan fingerprint density at radius 1 is 1.12 bits per heavy atom. The molecule has 0 unspecified atom stereocenters. The normalized spacial score (nSPS) is 11.5. The number of benzene rings is 2. The zero-order valence-corrected chi connectivity index (χ0v) is 19.8. The molecule has 7 nitrogen and oxygen atoms in total. The maximum Gasteiger partial charge on any atom is 0.262 e. The number of pyridine rings is 1. The molecule has 176 valence electrons. The van der Waals surface area contributed by atoms with E-state index >= 15 is 0 Å². The van der Waals surface area contributed by atoms with E-state index in [2.05, 4.69) is 21.9 Å². The number of para-hydroxylation sites is 1. The van der Waals surface area contributed by atoms with Crippen LogP contribution in [0.1, 0.15) is 36.5 Å². The van der Waals surface area contributed by atoms with Gasteiger partial charge < -0.3 is 10.3 Å². The van der Waals surface area contributed by atoms with E-state index in [-0.39, 0.29) is 21.5 Å². The number of rotatable bonds is 11. The van der Waals surface area contributed by atoms with Gasteiger partial charge in [-0.05, 0) is 54.7 Å². The first-order chi connectivity index (χ1) is 15.8. The number of H-pyrrole nitrogens is 1. The third-order valence-corrected chi connectivity index (χ3v) is 7.44. The topological polar surface area (TPSA) is 108 Å². The van der Waals surface area contributed by atoms with Crippen LogP contribution in [0.4, 0.5) is 10.1 Å². The summed E-state index contributed by atoms with van der Waals surface area (Å²) in [6, 6.07) is 9.29. The maximum atomic E-state index is 13.9. The summed E-state index contributed by atoms with van der Waals surface area (Å²) in [7, 11) is -4.15. The van der Waals surface area contributed by atoms with Crippen LogP contribution in [0, 0.1) is 5.82 Å². The van der Waals surface area contributed by atoms with Gasteiger partial charge in [-0.2, -0.15) is 11.8 Å². The van der Waals surface area contributed by atoms with Crippen molar-refractivity contribution < 1.29 is 17.6 Å². The van der Waals surface area contributed by atoms with Crippen LogP contribution in [-0.2, 0) is 10.0 Å². The predicted molar refractivity (Wildman–Crippen MR) is 131 cm³/mol. The quantitative estimate of drug-likeness (QED) is 0.350. The number of aromatic amines is 1. The lowest BCUT2D eigenvalue weighted by molar-refractivity contribution is 0.0952. The Morgan fingerprint density at radius 3 is 2.64 bits per heavy atom. The summed E-state index contributed by atoms with van der Waals surface area (Å²) in [5.41, 5.74) is -0.500. The number of hydrogen-bond acceptors (Lipinski definition) is 5. The van der Waals surface area contributed by atoms with Crippen molar-refractivity contribution in [1.29, 1.82) is 0 Å². The summed E-state index contributed by atoms with van der Waals surface area (Å²) in [5.74, 6) is 0.771. The minimum atomic E-state index is -4.15. The molecule has 0 spiro atoms. The van der Waals surface area contributed by atoms with Gasteiger partial charge in [-0.1, -0.05) is 25.5 Å². The minimum Gasteiger partial charge on any atom is -0.360 e. The van der Waals surface area contributed by atoms with E-state index in [0.29, 0.717) is 12.1 Å². The molecule has 33 heavy (non-hydrogen) atoms. The number of sulfonamides is 1. The smallest absolute Gasteiger partial charge is 0.262 e. The van der Waals surface area contributed by atoms with Gasteiger partial charge in [0.15, 0.2) is 0 Å². The maximum absolute atomic E-state index is 13.9. The van der Waals surface area contributed by atoms with E-state index in [4.69, 9.17) is 0 Å². The van der Waals surface area contributed by atoms with Crippen LogP contribution in [0.15, 0.2) is 58.4 Å². The summed E-state index contributed by atoms with van der Waals surface area (Å²) in [4.78, 5) is 28.0. The Kier molecular flexibility index (Phi) is 8.51. The lowest BCUT2D eigenvalue weighted by Crippen LogP contribution is -2.30. The number of carbonyl (C=O) groups is 1. The average molecular weight is 492 g/mol. The van der Waals surface area contributed by atoms with Gasteiger partial charge in [-0.3, -0.25) is 14.3 Å². The number of nitrogens with one attached hydrogen (secondary N) is 3. The fourth-order valence-electron chi connectivity index (χ4n) is 3.10.